The highest BCUT2D eigenvalue weighted by Crippen LogP contribution is 2.08. The average Bonchev–Trinajstić information content (AvgIpc) is 2.32. The van der Waals surface area contributed by atoms with Crippen LogP contribution in [0.2, 0.25) is 0 Å². The maximum atomic E-state index is 12.9. The Hall–Kier alpha value is -2.37. The van der Waals surface area contributed by atoms with Gasteiger partial charge in [-0.25, -0.2) is 9.18 Å². The summed E-state index contributed by atoms with van der Waals surface area (Å²) in [5, 5.41) is 2.98. The van der Waals surface area contributed by atoms with Gasteiger partial charge in [-0.15, -0.1) is 0 Å². The monoisotopic (exact) mass is 249 g/mol. The van der Waals surface area contributed by atoms with E-state index in [9.17, 15) is 14.0 Å². The fourth-order valence-corrected chi connectivity index (χ4v) is 1.54. The van der Waals surface area contributed by atoms with E-state index in [4.69, 9.17) is 0 Å². The molecular weight excluding hydrogens is 237 g/mol. The summed E-state index contributed by atoms with van der Waals surface area (Å²) in [6.45, 7) is 0.835. The maximum absolute atomic E-state index is 12.9. The van der Waals surface area contributed by atoms with Gasteiger partial charge in [-0.05, 0) is 18.2 Å². The van der Waals surface area contributed by atoms with E-state index >= 15 is 0 Å². The van der Waals surface area contributed by atoms with Gasteiger partial charge in [0.15, 0.2) is 0 Å². The largest absolute Gasteiger partial charge is 0.383 e. The molecule has 18 heavy (non-hydrogen) atoms. The predicted octanol–water partition coefficient (Wildman–Crippen LogP) is 0.788. The highest BCUT2D eigenvalue weighted by atomic mass is 19.1. The Morgan fingerprint density at radius 2 is 2.11 bits per heavy atom. The fourth-order valence-electron chi connectivity index (χ4n) is 1.54. The molecule has 0 bridgehead atoms. The molecule has 0 aliphatic carbocycles. The molecular formula is C12H12FN3O2. The quantitative estimate of drug-likeness (QED) is 0.841. The molecule has 0 atom stereocenters. The smallest absolute Gasteiger partial charge is 0.328 e. The van der Waals surface area contributed by atoms with E-state index in [1.54, 1.807) is 12.1 Å². The molecule has 0 spiro atoms. The van der Waals surface area contributed by atoms with Crippen molar-refractivity contribution in [2.45, 2.75) is 6.54 Å². The Balaban J connectivity index is 1.96. The molecule has 94 valence electrons. The number of aromatic nitrogens is 2. The first-order valence-corrected chi connectivity index (χ1v) is 5.44. The molecule has 0 aliphatic heterocycles. The molecule has 1 aromatic heterocycles. The van der Waals surface area contributed by atoms with Gasteiger partial charge < -0.3 is 5.32 Å². The predicted molar refractivity (Wildman–Crippen MR) is 66.2 cm³/mol. The van der Waals surface area contributed by atoms with Gasteiger partial charge in [0.2, 0.25) is 0 Å². The molecule has 1 aromatic carbocycles. The van der Waals surface area contributed by atoms with Gasteiger partial charge in [0, 0.05) is 31.0 Å². The van der Waals surface area contributed by atoms with E-state index in [0.717, 1.165) is 0 Å². The number of hydrogen-bond donors (Lipinski definition) is 2. The summed E-state index contributed by atoms with van der Waals surface area (Å²) in [6, 6.07) is 7.35. The third-order valence-electron chi connectivity index (χ3n) is 2.40. The van der Waals surface area contributed by atoms with Crippen LogP contribution in [-0.4, -0.2) is 16.1 Å². The summed E-state index contributed by atoms with van der Waals surface area (Å²) < 4.78 is 14.3. The van der Waals surface area contributed by atoms with Crippen molar-refractivity contribution in [2.24, 2.45) is 0 Å². The first-order valence-electron chi connectivity index (χ1n) is 5.44. The van der Waals surface area contributed by atoms with Crippen molar-refractivity contribution < 1.29 is 4.39 Å². The lowest BCUT2D eigenvalue weighted by molar-refractivity contribution is 0.627. The zero-order valence-corrected chi connectivity index (χ0v) is 9.52. The number of benzene rings is 1. The van der Waals surface area contributed by atoms with Crippen LogP contribution in [0.5, 0.6) is 0 Å². The zero-order chi connectivity index (χ0) is 13.0. The molecule has 2 N–H and O–H groups in total. The second-order valence-electron chi connectivity index (χ2n) is 3.74. The van der Waals surface area contributed by atoms with E-state index in [1.165, 1.54) is 29.0 Å². The molecule has 2 aromatic rings. The maximum Gasteiger partial charge on any atom is 0.328 e. The van der Waals surface area contributed by atoms with Gasteiger partial charge in [0.05, 0.1) is 0 Å². The Morgan fingerprint density at radius 3 is 2.83 bits per heavy atom. The zero-order valence-electron chi connectivity index (χ0n) is 9.52. The number of anilines is 1. The van der Waals surface area contributed by atoms with Gasteiger partial charge in [-0.2, -0.15) is 0 Å². The molecule has 0 aliphatic rings. The van der Waals surface area contributed by atoms with Gasteiger partial charge in [0.1, 0.15) is 5.82 Å². The van der Waals surface area contributed by atoms with Crippen LogP contribution in [-0.2, 0) is 6.54 Å². The minimum absolute atomic E-state index is 0.318. The highest BCUT2D eigenvalue weighted by Gasteiger charge is 1.97. The SMILES string of the molecule is O=c1ccn(CCNc2cccc(F)c2)c(=O)[nH]1. The van der Waals surface area contributed by atoms with Crippen molar-refractivity contribution >= 4 is 5.69 Å². The van der Waals surface area contributed by atoms with Crippen molar-refractivity contribution in [1.82, 2.24) is 9.55 Å². The van der Waals surface area contributed by atoms with E-state index in [-0.39, 0.29) is 5.82 Å². The standard InChI is InChI=1S/C12H12FN3O2/c13-9-2-1-3-10(8-9)14-5-7-16-6-4-11(17)15-12(16)18/h1-4,6,8,14H,5,7H2,(H,15,17,18). The van der Waals surface area contributed by atoms with Gasteiger partial charge in [-0.1, -0.05) is 6.07 Å². The number of rotatable bonds is 4. The number of hydrogen-bond acceptors (Lipinski definition) is 3. The van der Waals surface area contributed by atoms with Crippen LogP contribution < -0.4 is 16.6 Å². The molecule has 0 unspecified atom stereocenters. The van der Waals surface area contributed by atoms with Crippen molar-refractivity contribution in [3.8, 4) is 0 Å². The lowest BCUT2D eigenvalue weighted by Crippen LogP contribution is -2.30. The topological polar surface area (TPSA) is 66.9 Å². The van der Waals surface area contributed by atoms with Gasteiger partial charge in [0.25, 0.3) is 5.56 Å². The van der Waals surface area contributed by atoms with E-state index in [2.05, 4.69) is 10.3 Å². The third-order valence-corrected chi connectivity index (χ3v) is 2.40. The molecule has 0 saturated carbocycles. The van der Waals surface area contributed by atoms with Gasteiger partial charge in [-0.3, -0.25) is 14.3 Å². The first-order chi connectivity index (χ1) is 8.65. The summed E-state index contributed by atoms with van der Waals surface area (Å²) in [4.78, 5) is 24.4. The van der Waals surface area contributed by atoms with Crippen molar-refractivity contribution in [1.29, 1.82) is 0 Å². The molecule has 0 amide bonds. The lowest BCUT2D eigenvalue weighted by atomic mass is 10.3. The molecule has 0 saturated heterocycles. The third kappa shape index (κ3) is 3.07. The normalized spacial score (nSPS) is 10.3. The van der Waals surface area contributed by atoms with Crippen molar-refractivity contribution in [3.63, 3.8) is 0 Å². The second-order valence-corrected chi connectivity index (χ2v) is 3.74. The summed E-state index contributed by atoms with van der Waals surface area (Å²) in [5.74, 6) is -0.318. The Kier molecular flexibility index (Phi) is 3.57. The Bertz CT molecular complexity index is 648. The molecule has 6 heteroatoms. The van der Waals surface area contributed by atoms with Crippen LogP contribution in [0.25, 0.3) is 0 Å². The van der Waals surface area contributed by atoms with Crippen molar-refractivity contribution in [3.05, 3.63) is 63.2 Å². The van der Waals surface area contributed by atoms with Crippen molar-refractivity contribution in [2.75, 3.05) is 11.9 Å². The molecule has 0 fully saturated rings. The molecule has 5 nitrogen and oxygen atoms in total. The number of halogens is 1. The van der Waals surface area contributed by atoms with Crippen LogP contribution in [0.1, 0.15) is 0 Å². The summed E-state index contributed by atoms with van der Waals surface area (Å²) in [5.41, 5.74) is -0.231. The highest BCUT2D eigenvalue weighted by molar-refractivity contribution is 5.42. The van der Waals surface area contributed by atoms with Gasteiger partial charge >= 0.3 is 5.69 Å². The van der Waals surface area contributed by atoms with E-state index in [0.29, 0.717) is 18.8 Å². The van der Waals surface area contributed by atoms with Crippen LogP contribution in [0.4, 0.5) is 10.1 Å². The van der Waals surface area contributed by atoms with E-state index in [1.807, 2.05) is 0 Å². The Labute approximate surface area is 102 Å². The van der Waals surface area contributed by atoms with Crippen LogP contribution in [0, 0.1) is 5.82 Å². The number of H-pyrrole nitrogens is 1. The first kappa shape index (κ1) is 12.1. The number of aromatic amines is 1. The minimum Gasteiger partial charge on any atom is -0.383 e. The summed E-state index contributed by atoms with van der Waals surface area (Å²) in [6.07, 6.45) is 1.43. The number of nitrogens with one attached hydrogen (secondary N) is 2. The second kappa shape index (κ2) is 5.31. The molecule has 1 heterocycles. The van der Waals surface area contributed by atoms with Crippen LogP contribution in [0.15, 0.2) is 46.1 Å². The number of nitrogens with zero attached hydrogens (tertiary/aromatic N) is 1. The van der Waals surface area contributed by atoms with Crippen LogP contribution >= 0.6 is 0 Å². The summed E-state index contributed by atoms with van der Waals surface area (Å²) in [7, 11) is 0. The minimum atomic E-state index is -0.455. The van der Waals surface area contributed by atoms with E-state index < -0.39 is 11.2 Å². The fraction of sp³-hybridized carbons (Fsp3) is 0.167. The average molecular weight is 249 g/mol. The lowest BCUT2D eigenvalue weighted by Gasteiger charge is -2.07. The summed E-state index contributed by atoms with van der Waals surface area (Å²) >= 11 is 0. The Morgan fingerprint density at radius 1 is 1.28 bits per heavy atom. The molecule has 2 rings (SSSR count). The van der Waals surface area contributed by atoms with Crippen LogP contribution in [0.3, 0.4) is 0 Å². The molecule has 0 radical (unpaired) electrons.